The molecule has 1 fully saturated rings. The standard InChI is InChI=1S/C20H27F3N6/c1-28-7-2-14(3-8-28)17-12-15-18(25-6-11-29-9-4-24-5-10-29)16(20(21,22)23)13-26-19(15)27-17/h2,12-13,24H,3-11H2,1H3,(H2,25,26,27). The van der Waals surface area contributed by atoms with E-state index in [0.29, 0.717) is 24.1 Å². The molecule has 2 aliphatic heterocycles. The number of H-pyrrole nitrogens is 1. The first-order chi connectivity index (χ1) is 13.9. The van der Waals surface area contributed by atoms with Crippen LogP contribution in [0.4, 0.5) is 18.9 Å². The molecular weight excluding hydrogens is 381 g/mol. The van der Waals surface area contributed by atoms with Gasteiger partial charge < -0.3 is 20.5 Å². The highest BCUT2D eigenvalue weighted by atomic mass is 19.4. The Labute approximate surface area is 168 Å². The number of likely N-dealkylation sites (N-methyl/N-ethyl adjacent to an activating group) is 1. The van der Waals surface area contributed by atoms with E-state index in [1.807, 2.05) is 6.07 Å². The molecule has 0 radical (unpaired) electrons. The van der Waals surface area contributed by atoms with E-state index >= 15 is 0 Å². The van der Waals surface area contributed by atoms with Crippen molar-refractivity contribution in [3.05, 3.63) is 29.6 Å². The smallest absolute Gasteiger partial charge is 0.383 e. The first kappa shape index (κ1) is 20.2. The minimum atomic E-state index is -4.46. The molecule has 4 heterocycles. The summed E-state index contributed by atoms with van der Waals surface area (Å²) in [4.78, 5) is 11.7. The van der Waals surface area contributed by atoms with Crippen molar-refractivity contribution in [3.8, 4) is 0 Å². The van der Waals surface area contributed by atoms with Gasteiger partial charge in [-0.15, -0.1) is 0 Å². The Kier molecular flexibility index (Phi) is 5.80. The normalized spacial score (nSPS) is 19.5. The quantitative estimate of drug-likeness (QED) is 0.710. The summed E-state index contributed by atoms with van der Waals surface area (Å²) in [5, 5.41) is 6.84. The zero-order chi connectivity index (χ0) is 20.4. The van der Waals surface area contributed by atoms with E-state index < -0.39 is 11.7 Å². The van der Waals surface area contributed by atoms with E-state index in [4.69, 9.17) is 0 Å². The number of rotatable bonds is 5. The number of hydrogen-bond donors (Lipinski definition) is 3. The van der Waals surface area contributed by atoms with Crippen LogP contribution < -0.4 is 10.6 Å². The molecule has 2 aliphatic rings. The molecule has 1 saturated heterocycles. The summed E-state index contributed by atoms with van der Waals surface area (Å²) in [7, 11) is 2.05. The fourth-order valence-electron chi connectivity index (χ4n) is 3.94. The molecule has 2 aromatic heterocycles. The van der Waals surface area contributed by atoms with Gasteiger partial charge in [0.2, 0.25) is 0 Å². The van der Waals surface area contributed by atoms with Gasteiger partial charge in [0.25, 0.3) is 0 Å². The highest BCUT2D eigenvalue weighted by Gasteiger charge is 2.35. The van der Waals surface area contributed by atoms with Crippen molar-refractivity contribution in [1.29, 1.82) is 0 Å². The minimum Gasteiger partial charge on any atom is -0.383 e. The number of aromatic nitrogens is 2. The third kappa shape index (κ3) is 4.57. The topological polar surface area (TPSA) is 59.2 Å². The van der Waals surface area contributed by atoms with Gasteiger partial charge in [-0.05, 0) is 25.1 Å². The van der Waals surface area contributed by atoms with Crippen molar-refractivity contribution in [2.75, 3.05) is 64.7 Å². The van der Waals surface area contributed by atoms with Gasteiger partial charge in [-0.1, -0.05) is 6.08 Å². The zero-order valence-electron chi connectivity index (χ0n) is 16.6. The number of fused-ring (bicyclic) bond motifs is 1. The molecule has 0 spiro atoms. The van der Waals surface area contributed by atoms with Gasteiger partial charge in [-0.2, -0.15) is 13.2 Å². The number of nitrogens with zero attached hydrogens (tertiary/aromatic N) is 3. The molecule has 0 saturated carbocycles. The van der Waals surface area contributed by atoms with Crippen LogP contribution in [0.5, 0.6) is 0 Å². The summed E-state index contributed by atoms with van der Waals surface area (Å²) in [5.74, 6) is 0. The number of halogens is 3. The number of nitrogens with one attached hydrogen (secondary N) is 3. The second kappa shape index (κ2) is 8.33. The second-order valence-electron chi connectivity index (χ2n) is 7.75. The predicted molar refractivity (Wildman–Crippen MR) is 109 cm³/mol. The van der Waals surface area contributed by atoms with Crippen LogP contribution in [0.1, 0.15) is 17.7 Å². The summed E-state index contributed by atoms with van der Waals surface area (Å²) in [6, 6.07) is 1.81. The van der Waals surface area contributed by atoms with Crippen molar-refractivity contribution >= 4 is 22.3 Å². The van der Waals surface area contributed by atoms with Gasteiger partial charge in [0.05, 0.1) is 11.3 Å². The number of anilines is 1. The van der Waals surface area contributed by atoms with Crippen molar-refractivity contribution in [1.82, 2.24) is 25.1 Å². The Morgan fingerprint density at radius 2 is 2.00 bits per heavy atom. The molecule has 0 aromatic carbocycles. The lowest BCUT2D eigenvalue weighted by molar-refractivity contribution is -0.137. The fraction of sp³-hybridized carbons (Fsp3) is 0.550. The highest BCUT2D eigenvalue weighted by Crippen LogP contribution is 2.39. The molecule has 0 unspecified atom stereocenters. The van der Waals surface area contributed by atoms with Crippen LogP contribution in [0.3, 0.4) is 0 Å². The average Bonchev–Trinajstić information content (AvgIpc) is 3.13. The number of alkyl halides is 3. The number of hydrogen-bond acceptors (Lipinski definition) is 5. The van der Waals surface area contributed by atoms with Crippen LogP contribution in [-0.2, 0) is 6.18 Å². The van der Waals surface area contributed by atoms with Gasteiger partial charge in [-0.25, -0.2) is 4.98 Å². The van der Waals surface area contributed by atoms with E-state index in [1.165, 1.54) is 0 Å². The summed E-state index contributed by atoms with van der Waals surface area (Å²) in [5.41, 5.74) is 1.87. The Bertz CT molecular complexity index is 882. The number of pyridine rings is 1. The zero-order valence-corrected chi connectivity index (χ0v) is 16.6. The summed E-state index contributed by atoms with van der Waals surface area (Å²) < 4.78 is 40.9. The third-order valence-electron chi connectivity index (χ3n) is 5.66. The van der Waals surface area contributed by atoms with E-state index in [0.717, 1.165) is 63.2 Å². The maximum atomic E-state index is 13.6. The summed E-state index contributed by atoms with van der Waals surface area (Å²) in [6.45, 7) is 6.58. The number of piperazine rings is 1. The molecular formula is C20H27F3N6. The molecule has 3 N–H and O–H groups in total. The largest absolute Gasteiger partial charge is 0.419 e. The maximum absolute atomic E-state index is 13.6. The molecule has 158 valence electrons. The Hall–Kier alpha value is -2.10. The van der Waals surface area contributed by atoms with Crippen molar-refractivity contribution in [2.24, 2.45) is 0 Å². The molecule has 0 atom stereocenters. The Morgan fingerprint density at radius 3 is 2.69 bits per heavy atom. The van der Waals surface area contributed by atoms with Gasteiger partial charge in [-0.3, -0.25) is 4.90 Å². The first-order valence-electron chi connectivity index (χ1n) is 10.1. The summed E-state index contributed by atoms with van der Waals surface area (Å²) in [6.07, 6.45) is -0.542. The van der Waals surface area contributed by atoms with Crippen LogP contribution in [0.25, 0.3) is 16.6 Å². The highest BCUT2D eigenvalue weighted by molar-refractivity contribution is 5.94. The van der Waals surface area contributed by atoms with Gasteiger partial charge in [0.15, 0.2) is 0 Å². The molecule has 9 heteroatoms. The van der Waals surface area contributed by atoms with Crippen LogP contribution >= 0.6 is 0 Å². The van der Waals surface area contributed by atoms with Crippen LogP contribution in [0.15, 0.2) is 18.3 Å². The van der Waals surface area contributed by atoms with Crippen molar-refractivity contribution in [2.45, 2.75) is 12.6 Å². The molecule has 2 aromatic rings. The van der Waals surface area contributed by atoms with E-state index in [2.05, 4.69) is 43.5 Å². The van der Waals surface area contributed by atoms with Gasteiger partial charge in [0, 0.05) is 69.6 Å². The predicted octanol–water partition coefficient (Wildman–Crippen LogP) is 2.62. The van der Waals surface area contributed by atoms with Gasteiger partial charge in [0.1, 0.15) is 5.65 Å². The molecule has 0 aliphatic carbocycles. The minimum absolute atomic E-state index is 0.119. The number of aromatic amines is 1. The van der Waals surface area contributed by atoms with Crippen LogP contribution in [0.2, 0.25) is 0 Å². The monoisotopic (exact) mass is 408 g/mol. The lowest BCUT2D eigenvalue weighted by atomic mass is 10.0. The molecule has 0 amide bonds. The third-order valence-corrected chi connectivity index (χ3v) is 5.66. The van der Waals surface area contributed by atoms with Crippen molar-refractivity contribution in [3.63, 3.8) is 0 Å². The lowest BCUT2D eigenvalue weighted by Gasteiger charge is -2.27. The van der Waals surface area contributed by atoms with Crippen LogP contribution in [-0.4, -0.2) is 79.2 Å². The van der Waals surface area contributed by atoms with Crippen molar-refractivity contribution < 1.29 is 13.2 Å². The molecule has 6 nitrogen and oxygen atoms in total. The first-order valence-corrected chi connectivity index (χ1v) is 10.1. The van der Waals surface area contributed by atoms with Crippen LogP contribution in [0, 0.1) is 0 Å². The van der Waals surface area contributed by atoms with Gasteiger partial charge >= 0.3 is 6.18 Å². The lowest BCUT2D eigenvalue weighted by Crippen LogP contribution is -2.45. The molecule has 0 bridgehead atoms. The average molecular weight is 408 g/mol. The molecule has 29 heavy (non-hydrogen) atoms. The van der Waals surface area contributed by atoms with E-state index in [1.54, 1.807) is 0 Å². The molecule has 4 rings (SSSR count). The SMILES string of the molecule is CN1CC=C(c2cc3c(NCCN4CCNCC4)c(C(F)(F)F)cnc3[nH]2)CC1. The second-order valence-corrected chi connectivity index (χ2v) is 7.75. The van der Waals surface area contributed by atoms with E-state index in [9.17, 15) is 13.2 Å². The Balaban J connectivity index is 1.61. The Morgan fingerprint density at radius 1 is 1.21 bits per heavy atom. The summed E-state index contributed by atoms with van der Waals surface area (Å²) >= 11 is 0. The fourth-order valence-corrected chi connectivity index (χ4v) is 3.94. The van der Waals surface area contributed by atoms with E-state index in [-0.39, 0.29) is 5.69 Å². The maximum Gasteiger partial charge on any atom is 0.419 e.